The van der Waals surface area contributed by atoms with Crippen molar-refractivity contribution < 1.29 is 15.4 Å². The molecule has 1 heterocycles. The minimum absolute atomic E-state index is 0.456. The van der Waals surface area contributed by atoms with Crippen LogP contribution < -0.4 is 0 Å². The van der Waals surface area contributed by atoms with Crippen molar-refractivity contribution in [1.29, 1.82) is 0 Å². The third-order valence-corrected chi connectivity index (χ3v) is 11.3. The molecule has 0 aromatic carbocycles. The molecule has 0 bridgehead atoms. The fourth-order valence-corrected chi connectivity index (χ4v) is 6.85. The number of hydrogen-bond donors (Lipinski definition) is 0. The summed E-state index contributed by atoms with van der Waals surface area (Å²) in [5.74, 6) is 0. The van der Waals surface area contributed by atoms with E-state index >= 15 is 0 Å². The van der Waals surface area contributed by atoms with Crippen molar-refractivity contribution in [3.05, 3.63) is 0 Å². The van der Waals surface area contributed by atoms with E-state index in [0.29, 0.717) is 6.61 Å². The van der Waals surface area contributed by atoms with Gasteiger partial charge < -0.3 is 0 Å². The first kappa shape index (κ1) is 7.85. The summed E-state index contributed by atoms with van der Waals surface area (Å²) in [7, 11) is -3.58. The molecule has 0 spiro atoms. The zero-order valence-corrected chi connectivity index (χ0v) is 9.36. The standard InChI is InChI=1S/C2H5O.H2O4S.Pb/c1-2-3;1-5(2,3)4;/h2H2,1H3;(H2,1,2,3,4);/q-1;;+3/p-2. The normalized spacial score (nSPS) is 25.4. The Balaban J connectivity index is 2.28. The molecule has 0 unspecified atom stereocenters. The first-order chi connectivity index (χ1) is 4.14. The summed E-state index contributed by atoms with van der Waals surface area (Å²) in [5, 5.41) is 0. The fraction of sp³-hybridized carbons (Fsp3) is 1.00. The molecule has 0 aliphatic carbocycles. The molecule has 7 heteroatoms. The Morgan fingerprint density at radius 2 is 2.11 bits per heavy atom. The van der Waals surface area contributed by atoms with Crippen molar-refractivity contribution in [3.8, 4) is 0 Å². The monoisotopic (exact) mass is 349 g/mol. The van der Waals surface area contributed by atoms with E-state index < -0.39 is 34.5 Å². The molecule has 1 radical (unpaired) electrons. The molecule has 0 aromatic rings. The maximum atomic E-state index is 10.1. The van der Waals surface area contributed by atoms with Crippen LogP contribution in [0.25, 0.3) is 0 Å². The molecular formula is C2H5O5PbS. The van der Waals surface area contributed by atoms with Gasteiger partial charge in [0.1, 0.15) is 0 Å². The number of hydrogen-bond acceptors (Lipinski definition) is 5. The van der Waals surface area contributed by atoms with Crippen molar-refractivity contribution in [2.45, 2.75) is 6.92 Å². The van der Waals surface area contributed by atoms with E-state index in [2.05, 4.69) is 4.27 Å². The van der Waals surface area contributed by atoms with Gasteiger partial charge in [0.15, 0.2) is 0 Å². The van der Waals surface area contributed by atoms with Gasteiger partial charge >= 0.3 is 63.4 Å². The van der Waals surface area contributed by atoms with Gasteiger partial charge in [0.05, 0.1) is 0 Å². The Labute approximate surface area is 63.3 Å². The van der Waals surface area contributed by atoms with E-state index in [1.807, 2.05) is 0 Å². The number of rotatable bonds is 2. The third-order valence-electron chi connectivity index (χ3n) is 0.602. The van der Waals surface area contributed by atoms with Gasteiger partial charge in [-0.15, -0.1) is 0 Å². The minimum atomic E-state index is -3.58. The van der Waals surface area contributed by atoms with E-state index in [0.717, 1.165) is 0 Å². The molecule has 0 aromatic heterocycles. The summed E-state index contributed by atoms with van der Waals surface area (Å²) < 4.78 is 33.6. The Morgan fingerprint density at radius 1 is 1.56 bits per heavy atom. The van der Waals surface area contributed by atoms with Crippen LogP contribution in [0, 0.1) is 0 Å². The molecule has 5 nitrogen and oxygen atoms in total. The molecule has 0 amide bonds. The second kappa shape index (κ2) is 2.78. The van der Waals surface area contributed by atoms with Crippen LogP contribution in [0.1, 0.15) is 6.92 Å². The Bertz CT molecular complexity index is 173. The molecule has 1 fully saturated rings. The van der Waals surface area contributed by atoms with Gasteiger partial charge in [0.25, 0.3) is 0 Å². The summed E-state index contributed by atoms with van der Waals surface area (Å²) in [6.45, 7) is 2.22. The fourth-order valence-electron chi connectivity index (χ4n) is 0.339. The zero-order chi connectivity index (χ0) is 6.91. The van der Waals surface area contributed by atoms with Crippen molar-refractivity contribution in [1.82, 2.24) is 0 Å². The first-order valence-electron chi connectivity index (χ1n) is 2.27. The second-order valence-electron chi connectivity index (χ2n) is 1.26. The molecule has 1 rings (SSSR count). The summed E-state index contributed by atoms with van der Waals surface area (Å²) >= 11 is -2.85. The van der Waals surface area contributed by atoms with Crippen LogP contribution >= 0.6 is 0 Å². The molecular weight excluding hydrogens is 343 g/mol. The molecule has 0 saturated carbocycles. The quantitative estimate of drug-likeness (QED) is 0.618. The van der Waals surface area contributed by atoms with Gasteiger partial charge in [-0.25, -0.2) is 0 Å². The van der Waals surface area contributed by atoms with E-state index in [9.17, 15) is 8.42 Å². The van der Waals surface area contributed by atoms with Crippen LogP contribution in [-0.2, 0) is 17.4 Å². The van der Waals surface area contributed by atoms with E-state index in [-0.39, 0.29) is 0 Å². The Hall–Kier alpha value is 0.752. The summed E-state index contributed by atoms with van der Waals surface area (Å²) in [5.41, 5.74) is 0. The third kappa shape index (κ3) is 2.11. The molecule has 0 N–H and O–H groups in total. The molecule has 1 aliphatic heterocycles. The van der Waals surface area contributed by atoms with Crippen molar-refractivity contribution in [3.63, 3.8) is 0 Å². The summed E-state index contributed by atoms with van der Waals surface area (Å²) in [6.07, 6.45) is 0. The Morgan fingerprint density at radius 3 is 2.44 bits per heavy atom. The van der Waals surface area contributed by atoms with Crippen LogP contribution in [0.4, 0.5) is 0 Å². The maximum absolute atomic E-state index is 10.1. The molecule has 1 aliphatic rings. The van der Waals surface area contributed by atoms with Gasteiger partial charge in [0.2, 0.25) is 0 Å². The van der Waals surface area contributed by atoms with Gasteiger partial charge in [-0.05, 0) is 0 Å². The van der Waals surface area contributed by atoms with E-state index in [1.165, 1.54) is 0 Å². The average molecular weight is 348 g/mol. The van der Waals surface area contributed by atoms with Crippen LogP contribution in [0.2, 0.25) is 0 Å². The van der Waals surface area contributed by atoms with Crippen LogP contribution in [-0.4, -0.2) is 39.1 Å². The van der Waals surface area contributed by atoms with Gasteiger partial charge in [-0.2, -0.15) is 0 Å². The van der Waals surface area contributed by atoms with Crippen LogP contribution in [0.5, 0.6) is 0 Å². The van der Waals surface area contributed by atoms with Gasteiger partial charge in [-0.3, -0.25) is 0 Å². The van der Waals surface area contributed by atoms with Crippen LogP contribution in [0.3, 0.4) is 0 Å². The topological polar surface area (TPSA) is 61.8 Å². The predicted octanol–water partition coefficient (Wildman–Crippen LogP) is -0.701. The van der Waals surface area contributed by atoms with Crippen molar-refractivity contribution >= 4 is 34.5 Å². The first-order valence-corrected chi connectivity index (χ1v) is 8.37. The zero-order valence-electron chi connectivity index (χ0n) is 4.66. The van der Waals surface area contributed by atoms with Crippen molar-refractivity contribution in [2.24, 2.45) is 0 Å². The molecule has 1 saturated heterocycles. The summed E-state index contributed by atoms with van der Waals surface area (Å²) in [4.78, 5) is 0. The van der Waals surface area contributed by atoms with E-state index in [1.54, 1.807) is 6.92 Å². The van der Waals surface area contributed by atoms with E-state index in [4.69, 9.17) is 2.69 Å². The van der Waals surface area contributed by atoms with Gasteiger partial charge in [-0.1, -0.05) is 0 Å². The SMILES string of the molecule is CC[O][Pb]1[O]S(=O)(=O)[O]1. The van der Waals surface area contributed by atoms with Crippen LogP contribution in [0.15, 0.2) is 0 Å². The second-order valence-corrected chi connectivity index (χ2v) is 9.36. The Kier molecular flexibility index (Phi) is 2.43. The molecule has 0 atom stereocenters. The predicted molar refractivity (Wildman–Crippen MR) is 28.5 cm³/mol. The van der Waals surface area contributed by atoms with Gasteiger partial charge in [0, 0.05) is 0 Å². The molecule has 9 heavy (non-hydrogen) atoms. The molecule has 53 valence electrons. The summed E-state index contributed by atoms with van der Waals surface area (Å²) in [6, 6.07) is 0. The average Bonchev–Trinajstić information content (AvgIpc) is 1.62. The van der Waals surface area contributed by atoms with Crippen molar-refractivity contribution in [2.75, 3.05) is 6.61 Å².